The van der Waals surface area contributed by atoms with Crippen LogP contribution in [0.4, 0.5) is 0 Å². The van der Waals surface area contributed by atoms with Gasteiger partial charge >= 0.3 is 11.9 Å². The normalized spacial score (nSPS) is 35.2. The Bertz CT molecular complexity index is 716. The molecule has 0 aromatic heterocycles. The molecule has 3 rings (SSSR count). The molecule has 2 heterocycles. The van der Waals surface area contributed by atoms with Gasteiger partial charge in [0.2, 0.25) is 0 Å². The number of fused-ring (bicyclic) bond motifs is 2. The van der Waals surface area contributed by atoms with Crippen LogP contribution >= 0.6 is 0 Å². The lowest BCUT2D eigenvalue weighted by molar-refractivity contribution is -0.304. The van der Waals surface area contributed by atoms with Gasteiger partial charge in [0.1, 0.15) is 17.8 Å². The van der Waals surface area contributed by atoms with Crippen LogP contribution in [0.25, 0.3) is 0 Å². The number of carbonyl (C=O) groups excluding carboxylic acids is 2. The van der Waals surface area contributed by atoms with E-state index in [0.29, 0.717) is 36.8 Å². The highest BCUT2D eigenvalue weighted by atomic mass is 17.1. The molecule has 0 amide bonds. The number of hydrogen-bond acceptors (Lipinski definition) is 6. The lowest BCUT2D eigenvalue weighted by atomic mass is 9.86. The van der Waals surface area contributed by atoms with Crippen molar-refractivity contribution >= 4 is 11.9 Å². The van der Waals surface area contributed by atoms with Gasteiger partial charge in [0.25, 0.3) is 0 Å². The molecule has 2 aliphatic heterocycles. The predicted molar refractivity (Wildman–Crippen MR) is 94.0 cm³/mol. The third-order valence-corrected chi connectivity index (χ3v) is 5.20. The minimum Gasteiger partial charge on any atom is -0.454 e. The van der Waals surface area contributed by atoms with E-state index in [0.717, 1.165) is 5.57 Å². The van der Waals surface area contributed by atoms with Crippen LogP contribution in [0.3, 0.4) is 0 Å². The molecule has 140 valence electrons. The highest BCUT2D eigenvalue weighted by Crippen LogP contribution is 2.35. The minimum absolute atomic E-state index is 0.180. The summed E-state index contributed by atoms with van der Waals surface area (Å²) in [5.41, 5.74) is 1.08. The lowest BCUT2D eigenvalue weighted by Gasteiger charge is -2.25. The van der Waals surface area contributed by atoms with E-state index in [1.165, 1.54) is 0 Å². The van der Waals surface area contributed by atoms with E-state index in [9.17, 15) is 14.8 Å². The summed E-state index contributed by atoms with van der Waals surface area (Å²) in [6.07, 6.45) is 8.54. The van der Waals surface area contributed by atoms with Crippen LogP contribution in [0.1, 0.15) is 39.5 Å². The van der Waals surface area contributed by atoms with Crippen LogP contribution in [-0.2, 0) is 24.0 Å². The number of carbonyl (C=O) groups is 2. The van der Waals surface area contributed by atoms with Crippen LogP contribution in [0.15, 0.2) is 47.6 Å². The van der Waals surface area contributed by atoms with Gasteiger partial charge in [0, 0.05) is 23.5 Å². The average Bonchev–Trinajstić information content (AvgIpc) is 3.05. The molecule has 1 N–H and O–H groups in total. The zero-order valence-corrected chi connectivity index (χ0v) is 15.1. The molecule has 6 heteroatoms. The van der Waals surface area contributed by atoms with Gasteiger partial charge in [-0.3, -0.25) is 5.26 Å². The minimum atomic E-state index is -0.929. The molecular formula is C20H24O6. The topological polar surface area (TPSA) is 82.1 Å². The van der Waals surface area contributed by atoms with E-state index in [1.54, 1.807) is 19.1 Å². The maximum absolute atomic E-state index is 12.0. The third kappa shape index (κ3) is 3.81. The van der Waals surface area contributed by atoms with E-state index in [-0.39, 0.29) is 18.0 Å². The summed E-state index contributed by atoms with van der Waals surface area (Å²) < 4.78 is 10.8. The van der Waals surface area contributed by atoms with Gasteiger partial charge in [0.05, 0.1) is 0 Å². The number of ether oxygens (including phenoxy) is 2. The fourth-order valence-corrected chi connectivity index (χ4v) is 3.61. The molecule has 0 radical (unpaired) electrons. The van der Waals surface area contributed by atoms with Crippen molar-refractivity contribution in [1.82, 2.24) is 0 Å². The molecule has 0 aromatic rings. The van der Waals surface area contributed by atoms with E-state index < -0.39 is 17.7 Å². The molecule has 6 nitrogen and oxygen atoms in total. The molecule has 3 aliphatic rings. The molecule has 2 bridgehead atoms. The monoisotopic (exact) mass is 360 g/mol. The first-order valence-corrected chi connectivity index (χ1v) is 8.80. The Labute approximate surface area is 152 Å². The highest BCUT2D eigenvalue weighted by Gasteiger charge is 2.39. The van der Waals surface area contributed by atoms with Gasteiger partial charge in [-0.2, -0.15) is 0 Å². The van der Waals surface area contributed by atoms with Crippen LogP contribution < -0.4 is 0 Å². The molecule has 4 atom stereocenters. The van der Waals surface area contributed by atoms with Gasteiger partial charge in [-0.1, -0.05) is 24.3 Å². The summed E-state index contributed by atoms with van der Waals surface area (Å²) in [4.78, 5) is 28.6. The first-order chi connectivity index (χ1) is 12.3. The van der Waals surface area contributed by atoms with Crippen LogP contribution in [0.5, 0.6) is 0 Å². The van der Waals surface area contributed by atoms with E-state index in [4.69, 9.17) is 9.47 Å². The number of allylic oxidation sites excluding steroid dienone is 1. The van der Waals surface area contributed by atoms with Gasteiger partial charge in [-0.25, -0.2) is 14.5 Å². The summed E-state index contributed by atoms with van der Waals surface area (Å²) in [6, 6.07) is 0. The summed E-state index contributed by atoms with van der Waals surface area (Å²) in [5.74, 6) is -0.905. The summed E-state index contributed by atoms with van der Waals surface area (Å²) in [6.45, 7) is 7.54. The van der Waals surface area contributed by atoms with Crippen molar-refractivity contribution in [1.29, 1.82) is 0 Å². The number of esters is 2. The zero-order chi connectivity index (χ0) is 18.9. The van der Waals surface area contributed by atoms with Gasteiger partial charge in [-0.05, 0) is 45.3 Å². The summed E-state index contributed by atoms with van der Waals surface area (Å²) >= 11 is 0. The molecule has 0 saturated carbocycles. The Morgan fingerprint density at radius 2 is 2.04 bits per heavy atom. The molecule has 0 aromatic carbocycles. The first kappa shape index (κ1) is 18.6. The fraction of sp³-hybridized carbons (Fsp3) is 0.500. The Morgan fingerprint density at radius 1 is 1.27 bits per heavy atom. The van der Waals surface area contributed by atoms with E-state index in [1.807, 2.05) is 19.1 Å². The fourth-order valence-electron chi connectivity index (χ4n) is 3.61. The molecule has 4 unspecified atom stereocenters. The van der Waals surface area contributed by atoms with Crippen LogP contribution in [0.2, 0.25) is 0 Å². The molecule has 0 spiro atoms. The second kappa shape index (κ2) is 7.21. The molecule has 1 saturated heterocycles. The Balaban J connectivity index is 1.92. The number of hydrogen-bond donors (Lipinski definition) is 1. The average molecular weight is 360 g/mol. The lowest BCUT2D eigenvalue weighted by Crippen LogP contribution is -2.27. The Morgan fingerprint density at radius 3 is 2.77 bits per heavy atom. The van der Waals surface area contributed by atoms with Gasteiger partial charge in [-0.15, -0.1) is 0 Å². The predicted octanol–water partition coefficient (Wildman–Crippen LogP) is 3.26. The maximum Gasteiger partial charge on any atom is 0.334 e. The van der Waals surface area contributed by atoms with Crippen molar-refractivity contribution in [3.05, 3.63) is 47.6 Å². The second-order valence-electron chi connectivity index (χ2n) is 7.40. The van der Waals surface area contributed by atoms with Gasteiger partial charge < -0.3 is 9.47 Å². The standard InChI is InChI=1S/C20H24O6/c1-12-9-15-11-14(19(22)24-15)5-4-7-20(3,26-23)8-6-16-13(2)18(21)25-17(16)10-12/h4,7,10-11,15-17,23H,2,5-6,8-9H2,1,3H3. The Kier molecular flexibility index (Phi) is 5.16. The van der Waals surface area contributed by atoms with Crippen molar-refractivity contribution in [3.8, 4) is 0 Å². The van der Waals surface area contributed by atoms with E-state index in [2.05, 4.69) is 11.5 Å². The zero-order valence-electron chi connectivity index (χ0n) is 15.1. The molecular weight excluding hydrogens is 336 g/mol. The second-order valence-corrected chi connectivity index (χ2v) is 7.40. The highest BCUT2D eigenvalue weighted by molar-refractivity contribution is 5.91. The van der Waals surface area contributed by atoms with E-state index >= 15 is 0 Å². The quantitative estimate of drug-likeness (QED) is 0.254. The summed E-state index contributed by atoms with van der Waals surface area (Å²) in [5, 5.41) is 9.35. The molecule has 1 aliphatic carbocycles. The number of rotatable bonds is 1. The molecule has 26 heavy (non-hydrogen) atoms. The van der Waals surface area contributed by atoms with Crippen LogP contribution in [-0.4, -0.2) is 35.0 Å². The van der Waals surface area contributed by atoms with Crippen LogP contribution in [0, 0.1) is 5.92 Å². The SMILES string of the molecule is C=C1C(=O)OC2C=C(C)CC3C=C(CC=CC(C)(OO)CCC12)C(=O)O3. The maximum atomic E-state index is 12.0. The van der Waals surface area contributed by atoms with Crippen molar-refractivity contribution in [2.45, 2.75) is 57.3 Å². The third-order valence-electron chi connectivity index (χ3n) is 5.20. The van der Waals surface area contributed by atoms with Crippen molar-refractivity contribution in [3.63, 3.8) is 0 Å². The van der Waals surface area contributed by atoms with Crippen molar-refractivity contribution in [2.75, 3.05) is 0 Å². The van der Waals surface area contributed by atoms with Crippen molar-refractivity contribution < 1.29 is 29.2 Å². The summed E-state index contributed by atoms with van der Waals surface area (Å²) in [7, 11) is 0. The Hall–Kier alpha value is -2.18. The largest absolute Gasteiger partial charge is 0.454 e. The first-order valence-electron chi connectivity index (χ1n) is 8.80. The molecule has 1 fully saturated rings. The van der Waals surface area contributed by atoms with Gasteiger partial charge in [0.15, 0.2) is 0 Å². The smallest absolute Gasteiger partial charge is 0.334 e. The van der Waals surface area contributed by atoms with Crippen molar-refractivity contribution in [2.24, 2.45) is 5.92 Å².